The lowest BCUT2D eigenvalue weighted by Gasteiger charge is -2.25. The Kier molecular flexibility index (Phi) is 6.78. The van der Waals surface area contributed by atoms with Crippen molar-refractivity contribution < 1.29 is 23.0 Å². The molecule has 1 unspecified atom stereocenters. The molecule has 0 radical (unpaired) electrons. The van der Waals surface area contributed by atoms with Crippen molar-refractivity contribution in [3.63, 3.8) is 0 Å². The van der Waals surface area contributed by atoms with Gasteiger partial charge in [0.15, 0.2) is 17.1 Å². The molecule has 4 heterocycles. The summed E-state index contributed by atoms with van der Waals surface area (Å²) in [5, 5.41) is 8.68. The Morgan fingerprint density at radius 2 is 1.88 bits per heavy atom. The molecule has 1 N–H and O–H groups in total. The summed E-state index contributed by atoms with van der Waals surface area (Å²) < 4.78 is 49.3. The van der Waals surface area contributed by atoms with E-state index >= 15 is 0 Å². The monoisotopic (exact) mass is 589 g/mol. The maximum atomic E-state index is 14.7. The number of nitrogens with one attached hydrogen (secondary N) is 1. The van der Waals surface area contributed by atoms with Crippen LogP contribution in [0.4, 0.5) is 14.7 Å². The molecule has 224 valence electrons. The number of rotatable bonds is 10. The van der Waals surface area contributed by atoms with Gasteiger partial charge in [0, 0.05) is 49.1 Å². The zero-order valence-corrected chi connectivity index (χ0v) is 24.4. The average molecular weight is 590 g/mol. The number of hydrogen-bond donors (Lipinski definition) is 1. The Hall–Kier alpha value is -4.48. The van der Waals surface area contributed by atoms with Gasteiger partial charge in [-0.2, -0.15) is 4.52 Å². The van der Waals surface area contributed by atoms with Gasteiger partial charge in [-0.1, -0.05) is 0 Å². The number of halogens is 2. The molecule has 2 aromatic carbocycles. The molecule has 1 aliphatic carbocycles. The summed E-state index contributed by atoms with van der Waals surface area (Å²) in [6.07, 6.45) is 6.27. The first-order valence-electron chi connectivity index (χ1n) is 14.5. The number of imidazole rings is 1. The molecule has 0 amide bonds. The van der Waals surface area contributed by atoms with E-state index < -0.39 is 11.5 Å². The quantitative estimate of drug-likeness (QED) is 0.231. The summed E-state index contributed by atoms with van der Waals surface area (Å²) >= 11 is 0. The highest BCUT2D eigenvalue weighted by atomic mass is 19.1. The Labute approximate surface area is 247 Å². The van der Waals surface area contributed by atoms with Crippen molar-refractivity contribution >= 4 is 22.5 Å². The second-order valence-electron chi connectivity index (χ2n) is 11.3. The topological polar surface area (TPSA) is 101 Å². The van der Waals surface area contributed by atoms with Gasteiger partial charge in [0.05, 0.1) is 26.7 Å². The molecule has 0 saturated heterocycles. The number of fused-ring (bicyclic) bond motifs is 4. The third kappa shape index (κ3) is 4.98. The summed E-state index contributed by atoms with van der Waals surface area (Å²) in [4.78, 5) is 14.1. The Morgan fingerprint density at radius 1 is 1.05 bits per heavy atom. The van der Waals surface area contributed by atoms with E-state index in [1.54, 1.807) is 18.7 Å². The number of hydrogen-bond acceptors (Lipinski definition) is 8. The number of anilines is 1. The molecule has 1 aliphatic heterocycles. The smallest absolute Gasteiger partial charge is 0.226 e. The van der Waals surface area contributed by atoms with E-state index in [0.717, 1.165) is 37.1 Å². The molecule has 2 aliphatic rings. The number of aryl methyl sites for hydroxylation is 1. The van der Waals surface area contributed by atoms with Gasteiger partial charge in [0.2, 0.25) is 5.95 Å². The van der Waals surface area contributed by atoms with E-state index in [1.165, 1.54) is 19.2 Å². The number of ether oxygens (including phenoxy) is 3. The molecular formula is C31H33F2N7O3. The fourth-order valence-electron chi connectivity index (χ4n) is 6.04. The van der Waals surface area contributed by atoms with Gasteiger partial charge in [0.1, 0.15) is 34.4 Å². The summed E-state index contributed by atoms with van der Waals surface area (Å²) in [5.41, 5.74) is 1.73. The van der Waals surface area contributed by atoms with Crippen molar-refractivity contribution in [2.45, 2.75) is 57.3 Å². The molecule has 5 aromatic rings. The normalized spacial score (nSPS) is 17.2. The lowest BCUT2D eigenvalue weighted by molar-refractivity contribution is 0.275. The lowest BCUT2D eigenvalue weighted by Crippen LogP contribution is -2.22. The molecule has 43 heavy (non-hydrogen) atoms. The van der Waals surface area contributed by atoms with Gasteiger partial charge in [0.25, 0.3) is 0 Å². The third-order valence-electron chi connectivity index (χ3n) is 8.56. The average Bonchev–Trinajstić information content (AvgIpc) is 3.41. The van der Waals surface area contributed by atoms with Crippen LogP contribution in [0.3, 0.4) is 0 Å². The SMILES string of the molecule is COc1ccc(CNc2nc3c(OC)cc(F)cc3c3nc(CCC4CCn5c(cnc5C5(F)CC5)C4)nn23)c(OC)c1. The van der Waals surface area contributed by atoms with Crippen molar-refractivity contribution in [1.29, 1.82) is 0 Å². The number of alkyl halides is 1. The predicted octanol–water partition coefficient (Wildman–Crippen LogP) is 5.40. The second kappa shape index (κ2) is 10.7. The van der Waals surface area contributed by atoms with Crippen molar-refractivity contribution in [3.05, 3.63) is 65.3 Å². The van der Waals surface area contributed by atoms with Crippen molar-refractivity contribution in [3.8, 4) is 17.2 Å². The van der Waals surface area contributed by atoms with Gasteiger partial charge in [-0.15, -0.1) is 5.10 Å². The van der Waals surface area contributed by atoms with Crippen LogP contribution in [0.1, 0.15) is 48.6 Å². The lowest BCUT2D eigenvalue weighted by atomic mass is 9.91. The number of nitrogens with zero attached hydrogens (tertiary/aromatic N) is 6. The molecule has 3 aromatic heterocycles. The van der Waals surface area contributed by atoms with Crippen LogP contribution in [0.2, 0.25) is 0 Å². The van der Waals surface area contributed by atoms with Gasteiger partial charge in [-0.3, -0.25) is 0 Å². The van der Waals surface area contributed by atoms with Gasteiger partial charge in [-0.05, 0) is 56.2 Å². The Bertz CT molecular complexity index is 1830. The molecule has 10 nitrogen and oxygen atoms in total. The maximum absolute atomic E-state index is 14.7. The highest BCUT2D eigenvalue weighted by molar-refractivity contribution is 5.96. The van der Waals surface area contributed by atoms with Crippen LogP contribution >= 0.6 is 0 Å². The molecule has 1 atom stereocenters. The highest BCUT2D eigenvalue weighted by Crippen LogP contribution is 2.49. The minimum absolute atomic E-state index is 0.312. The van der Waals surface area contributed by atoms with E-state index in [2.05, 4.69) is 14.9 Å². The zero-order chi connectivity index (χ0) is 29.7. The Balaban J connectivity index is 1.17. The summed E-state index contributed by atoms with van der Waals surface area (Å²) in [6, 6.07) is 8.32. The van der Waals surface area contributed by atoms with Crippen LogP contribution in [-0.4, -0.2) is 50.5 Å². The molecule has 1 saturated carbocycles. The fraction of sp³-hybridized carbons (Fsp3) is 0.419. The summed E-state index contributed by atoms with van der Waals surface area (Å²) in [6.45, 7) is 1.16. The first-order chi connectivity index (χ1) is 20.9. The first kappa shape index (κ1) is 27.4. The van der Waals surface area contributed by atoms with Crippen LogP contribution in [0.15, 0.2) is 36.5 Å². The maximum Gasteiger partial charge on any atom is 0.226 e. The van der Waals surface area contributed by atoms with E-state index in [1.807, 2.05) is 24.4 Å². The number of benzene rings is 2. The standard InChI is InChI=1S/C31H33F2N7O3/c1-41-22-6-5-19(24(15-22)42-2)16-35-30-37-27-23(13-20(32)14-25(27)43-3)28-36-26(38-40(28)30)7-4-18-8-11-39-21(12-18)17-34-29(39)31(33)9-10-31/h5-6,13-15,17-18H,4,7-12,16H2,1-3H3,(H,35,37). The van der Waals surface area contributed by atoms with Crippen LogP contribution in [0, 0.1) is 11.7 Å². The summed E-state index contributed by atoms with van der Waals surface area (Å²) in [7, 11) is 4.70. The van der Waals surface area contributed by atoms with Crippen molar-refractivity contribution in [1.82, 2.24) is 29.1 Å². The van der Waals surface area contributed by atoms with E-state index in [9.17, 15) is 8.78 Å². The largest absolute Gasteiger partial charge is 0.497 e. The van der Waals surface area contributed by atoms with Crippen LogP contribution in [-0.2, 0) is 31.6 Å². The van der Waals surface area contributed by atoms with Crippen molar-refractivity contribution in [2.75, 3.05) is 26.6 Å². The zero-order valence-electron chi connectivity index (χ0n) is 24.4. The second-order valence-corrected chi connectivity index (χ2v) is 11.3. The van der Waals surface area contributed by atoms with Gasteiger partial charge in [-0.25, -0.2) is 23.7 Å². The molecule has 0 spiro atoms. The van der Waals surface area contributed by atoms with Crippen molar-refractivity contribution in [2.24, 2.45) is 5.92 Å². The van der Waals surface area contributed by atoms with E-state index in [4.69, 9.17) is 29.3 Å². The van der Waals surface area contributed by atoms with Crippen LogP contribution in [0.5, 0.6) is 17.2 Å². The van der Waals surface area contributed by atoms with Gasteiger partial charge < -0.3 is 24.1 Å². The van der Waals surface area contributed by atoms with Gasteiger partial charge >= 0.3 is 0 Å². The highest BCUT2D eigenvalue weighted by Gasteiger charge is 2.49. The molecule has 0 bridgehead atoms. The molecular weight excluding hydrogens is 556 g/mol. The van der Waals surface area contributed by atoms with E-state index in [0.29, 0.717) is 83.1 Å². The molecule has 7 rings (SSSR count). The fourth-order valence-corrected chi connectivity index (χ4v) is 6.04. The third-order valence-corrected chi connectivity index (χ3v) is 8.56. The number of methoxy groups -OCH3 is 3. The molecule has 1 fully saturated rings. The first-order valence-corrected chi connectivity index (χ1v) is 14.5. The van der Waals surface area contributed by atoms with Crippen LogP contribution < -0.4 is 19.5 Å². The Morgan fingerprint density at radius 3 is 2.65 bits per heavy atom. The van der Waals surface area contributed by atoms with E-state index in [-0.39, 0.29) is 0 Å². The predicted molar refractivity (Wildman–Crippen MR) is 156 cm³/mol. The minimum Gasteiger partial charge on any atom is -0.497 e. The molecule has 12 heteroatoms. The van der Waals surface area contributed by atoms with Crippen LogP contribution in [0.25, 0.3) is 16.6 Å². The summed E-state index contributed by atoms with van der Waals surface area (Å²) in [5.74, 6) is 3.32. The number of aromatic nitrogens is 6. The minimum atomic E-state index is -1.23.